The van der Waals surface area contributed by atoms with Crippen LogP contribution in [0.3, 0.4) is 0 Å². The molecule has 0 atom stereocenters. The molecule has 0 bridgehead atoms. The first-order chi connectivity index (χ1) is 13.5. The minimum absolute atomic E-state index is 0.142. The number of sulfonamides is 1. The molecule has 2 aromatic rings. The second-order valence-electron chi connectivity index (χ2n) is 6.38. The van der Waals surface area contributed by atoms with Crippen LogP contribution in [0, 0.1) is 0 Å². The standard InChI is InChI=1S/C20H24N2O5S/c1-2-16-6-8-18(9-7-16)27-15-20(23)21-17-4-3-5-19(14-17)28(24,25)22-10-12-26-13-11-22/h3-9,14H,2,10-13,15H2,1H3,(H,21,23). The highest BCUT2D eigenvalue weighted by Gasteiger charge is 2.26. The van der Waals surface area contributed by atoms with E-state index in [9.17, 15) is 13.2 Å². The van der Waals surface area contributed by atoms with E-state index in [0.717, 1.165) is 6.42 Å². The number of aryl methyl sites for hydroxylation is 1. The Labute approximate surface area is 165 Å². The molecular formula is C20H24N2O5S. The van der Waals surface area contributed by atoms with Crippen molar-refractivity contribution in [1.29, 1.82) is 0 Å². The van der Waals surface area contributed by atoms with Gasteiger partial charge in [0, 0.05) is 18.8 Å². The van der Waals surface area contributed by atoms with Crippen molar-refractivity contribution in [3.63, 3.8) is 0 Å². The van der Waals surface area contributed by atoms with Gasteiger partial charge in [-0.05, 0) is 42.3 Å². The molecule has 0 aliphatic carbocycles. The fourth-order valence-electron chi connectivity index (χ4n) is 2.84. The zero-order valence-electron chi connectivity index (χ0n) is 15.8. The van der Waals surface area contributed by atoms with Gasteiger partial charge in [0.15, 0.2) is 6.61 Å². The Kier molecular flexibility index (Phi) is 6.66. The van der Waals surface area contributed by atoms with E-state index < -0.39 is 10.0 Å². The van der Waals surface area contributed by atoms with Gasteiger partial charge in [-0.1, -0.05) is 25.1 Å². The summed E-state index contributed by atoms with van der Waals surface area (Å²) in [5, 5.41) is 2.68. The third-order valence-electron chi connectivity index (χ3n) is 4.43. The fraction of sp³-hybridized carbons (Fsp3) is 0.350. The molecule has 0 radical (unpaired) electrons. The predicted molar refractivity (Wildman–Crippen MR) is 106 cm³/mol. The molecule has 3 rings (SSSR count). The van der Waals surface area contributed by atoms with Gasteiger partial charge in [-0.2, -0.15) is 4.31 Å². The van der Waals surface area contributed by atoms with Gasteiger partial charge in [0.05, 0.1) is 18.1 Å². The number of carbonyl (C=O) groups excluding carboxylic acids is 1. The van der Waals surface area contributed by atoms with E-state index in [1.165, 1.54) is 22.0 Å². The van der Waals surface area contributed by atoms with E-state index >= 15 is 0 Å². The van der Waals surface area contributed by atoms with Crippen LogP contribution in [-0.4, -0.2) is 51.5 Å². The van der Waals surface area contributed by atoms with Crippen molar-refractivity contribution in [3.8, 4) is 5.75 Å². The van der Waals surface area contributed by atoms with Crippen LogP contribution < -0.4 is 10.1 Å². The van der Waals surface area contributed by atoms with Crippen molar-refractivity contribution in [3.05, 3.63) is 54.1 Å². The molecule has 1 heterocycles. The van der Waals surface area contributed by atoms with Gasteiger partial charge in [0.2, 0.25) is 10.0 Å². The maximum Gasteiger partial charge on any atom is 0.262 e. The quantitative estimate of drug-likeness (QED) is 0.765. The van der Waals surface area contributed by atoms with Crippen molar-refractivity contribution in [2.45, 2.75) is 18.2 Å². The molecule has 7 nitrogen and oxygen atoms in total. The summed E-state index contributed by atoms with van der Waals surface area (Å²) in [6.07, 6.45) is 0.935. The minimum Gasteiger partial charge on any atom is -0.484 e. The average Bonchev–Trinajstić information content (AvgIpc) is 2.73. The number of nitrogens with one attached hydrogen (secondary N) is 1. The number of amides is 1. The highest BCUT2D eigenvalue weighted by Crippen LogP contribution is 2.20. The van der Waals surface area contributed by atoms with Crippen LogP contribution in [0.15, 0.2) is 53.4 Å². The third kappa shape index (κ3) is 5.09. The van der Waals surface area contributed by atoms with E-state index in [1.54, 1.807) is 12.1 Å². The number of ether oxygens (including phenoxy) is 2. The van der Waals surface area contributed by atoms with Crippen LogP contribution >= 0.6 is 0 Å². The summed E-state index contributed by atoms with van der Waals surface area (Å²) < 4.78 is 37.5. The zero-order valence-corrected chi connectivity index (χ0v) is 16.6. The summed E-state index contributed by atoms with van der Waals surface area (Å²) in [4.78, 5) is 12.3. The molecule has 1 fully saturated rings. The first kappa shape index (κ1) is 20.3. The van der Waals surface area contributed by atoms with E-state index in [0.29, 0.717) is 37.7 Å². The second-order valence-corrected chi connectivity index (χ2v) is 8.32. The highest BCUT2D eigenvalue weighted by molar-refractivity contribution is 7.89. The number of morpholine rings is 1. The van der Waals surface area contributed by atoms with Crippen molar-refractivity contribution in [2.75, 3.05) is 38.2 Å². The molecule has 28 heavy (non-hydrogen) atoms. The third-order valence-corrected chi connectivity index (χ3v) is 6.32. The van der Waals surface area contributed by atoms with Crippen molar-refractivity contribution < 1.29 is 22.7 Å². The predicted octanol–water partition coefficient (Wildman–Crippen LogP) is 2.29. The molecule has 0 aromatic heterocycles. The maximum atomic E-state index is 12.7. The van der Waals surface area contributed by atoms with Crippen LogP contribution in [-0.2, 0) is 26.0 Å². The normalized spacial score (nSPS) is 15.2. The molecule has 8 heteroatoms. The van der Waals surface area contributed by atoms with Crippen LogP contribution in [0.2, 0.25) is 0 Å². The summed E-state index contributed by atoms with van der Waals surface area (Å²) in [5.41, 5.74) is 1.60. The van der Waals surface area contributed by atoms with E-state index in [1.807, 2.05) is 24.3 Å². The Morgan fingerprint density at radius 1 is 1.14 bits per heavy atom. The number of benzene rings is 2. The molecule has 1 amide bonds. The Balaban J connectivity index is 1.61. The summed E-state index contributed by atoms with van der Waals surface area (Å²) in [7, 11) is -3.61. The molecule has 0 unspecified atom stereocenters. The molecule has 1 N–H and O–H groups in total. The largest absolute Gasteiger partial charge is 0.484 e. The van der Waals surface area contributed by atoms with Crippen LogP contribution in [0.4, 0.5) is 5.69 Å². The summed E-state index contributed by atoms with van der Waals surface area (Å²) in [6, 6.07) is 13.8. The molecule has 0 spiro atoms. The Morgan fingerprint density at radius 2 is 1.86 bits per heavy atom. The number of rotatable bonds is 7. The van der Waals surface area contributed by atoms with Crippen molar-refractivity contribution in [1.82, 2.24) is 4.31 Å². The lowest BCUT2D eigenvalue weighted by molar-refractivity contribution is -0.118. The number of carbonyl (C=O) groups is 1. The van der Waals surface area contributed by atoms with Gasteiger partial charge in [-0.25, -0.2) is 8.42 Å². The lowest BCUT2D eigenvalue weighted by Gasteiger charge is -2.26. The van der Waals surface area contributed by atoms with Gasteiger partial charge in [0.1, 0.15) is 5.75 Å². The number of anilines is 1. The van der Waals surface area contributed by atoms with E-state index in [4.69, 9.17) is 9.47 Å². The van der Waals surface area contributed by atoms with Crippen molar-refractivity contribution >= 4 is 21.6 Å². The summed E-state index contributed by atoms with van der Waals surface area (Å²) >= 11 is 0. The summed E-state index contributed by atoms with van der Waals surface area (Å²) in [5.74, 6) is 0.247. The molecule has 150 valence electrons. The highest BCUT2D eigenvalue weighted by atomic mass is 32.2. The minimum atomic E-state index is -3.61. The monoisotopic (exact) mass is 404 g/mol. The topological polar surface area (TPSA) is 84.9 Å². The van der Waals surface area contributed by atoms with Gasteiger partial charge >= 0.3 is 0 Å². The molecule has 1 aliphatic heterocycles. The average molecular weight is 404 g/mol. The second kappa shape index (κ2) is 9.18. The first-order valence-corrected chi connectivity index (χ1v) is 10.6. The Morgan fingerprint density at radius 3 is 2.54 bits per heavy atom. The van der Waals surface area contributed by atoms with E-state index in [-0.39, 0.29) is 17.4 Å². The number of hydrogen-bond acceptors (Lipinski definition) is 5. The van der Waals surface area contributed by atoms with Gasteiger partial charge in [-0.3, -0.25) is 4.79 Å². The molecule has 1 aliphatic rings. The van der Waals surface area contributed by atoms with Gasteiger partial charge in [0.25, 0.3) is 5.91 Å². The van der Waals surface area contributed by atoms with E-state index in [2.05, 4.69) is 12.2 Å². The van der Waals surface area contributed by atoms with Gasteiger partial charge < -0.3 is 14.8 Å². The van der Waals surface area contributed by atoms with Crippen LogP contribution in [0.1, 0.15) is 12.5 Å². The van der Waals surface area contributed by atoms with Crippen molar-refractivity contribution in [2.24, 2.45) is 0 Å². The Bertz CT molecular complexity index is 906. The Hall–Kier alpha value is -2.42. The summed E-state index contributed by atoms with van der Waals surface area (Å²) in [6.45, 7) is 3.31. The smallest absolute Gasteiger partial charge is 0.262 e. The zero-order chi connectivity index (χ0) is 20.0. The number of hydrogen-bond donors (Lipinski definition) is 1. The fourth-order valence-corrected chi connectivity index (χ4v) is 4.29. The SMILES string of the molecule is CCc1ccc(OCC(=O)Nc2cccc(S(=O)(=O)N3CCOCC3)c2)cc1. The molecule has 1 saturated heterocycles. The lowest BCUT2D eigenvalue weighted by Crippen LogP contribution is -2.40. The molecule has 0 saturated carbocycles. The number of nitrogens with zero attached hydrogens (tertiary/aromatic N) is 1. The molecular weight excluding hydrogens is 380 g/mol. The lowest BCUT2D eigenvalue weighted by atomic mass is 10.2. The van der Waals surface area contributed by atoms with Crippen LogP contribution in [0.5, 0.6) is 5.75 Å². The first-order valence-electron chi connectivity index (χ1n) is 9.18. The van der Waals surface area contributed by atoms with Gasteiger partial charge in [-0.15, -0.1) is 0 Å². The molecule has 2 aromatic carbocycles. The maximum absolute atomic E-state index is 12.7. The van der Waals surface area contributed by atoms with Crippen LogP contribution in [0.25, 0.3) is 0 Å².